The Morgan fingerprint density at radius 1 is 1.05 bits per heavy atom. The molecule has 0 amide bonds. The zero-order chi connectivity index (χ0) is 14.7. The molecular formula is C12H21NO6. The maximum atomic E-state index is 11.3. The van der Waals surface area contributed by atoms with Gasteiger partial charge in [-0.2, -0.15) is 0 Å². The first-order valence-corrected chi connectivity index (χ1v) is 6.15. The van der Waals surface area contributed by atoms with Gasteiger partial charge in [0, 0.05) is 13.0 Å². The molecule has 7 nitrogen and oxygen atoms in total. The summed E-state index contributed by atoms with van der Waals surface area (Å²) in [4.78, 5) is 32.9. The highest BCUT2D eigenvalue weighted by Crippen LogP contribution is 2.00. The third-order valence-electron chi connectivity index (χ3n) is 2.10. The van der Waals surface area contributed by atoms with Crippen molar-refractivity contribution >= 4 is 17.9 Å². The molecule has 0 aliphatic rings. The fraction of sp³-hybridized carbons (Fsp3) is 0.750. The van der Waals surface area contributed by atoms with E-state index in [2.05, 4.69) is 9.47 Å². The lowest BCUT2D eigenvalue weighted by molar-refractivity contribution is -0.165. The van der Waals surface area contributed by atoms with E-state index in [0.717, 1.165) is 12.8 Å². The summed E-state index contributed by atoms with van der Waals surface area (Å²) in [6.45, 7) is 3.10. The van der Waals surface area contributed by atoms with Crippen molar-refractivity contribution in [1.82, 2.24) is 0 Å². The largest absolute Gasteiger partial charge is 0.466 e. The van der Waals surface area contributed by atoms with E-state index in [0.29, 0.717) is 6.61 Å². The van der Waals surface area contributed by atoms with Gasteiger partial charge in [-0.15, -0.1) is 0 Å². The first kappa shape index (κ1) is 17.4. The van der Waals surface area contributed by atoms with Gasteiger partial charge in [0.05, 0.1) is 19.4 Å². The molecule has 1 atom stereocenters. The summed E-state index contributed by atoms with van der Waals surface area (Å²) in [6, 6.07) is -0.668. The molecule has 0 aromatic carbocycles. The number of rotatable bonds is 9. The molecule has 0 unspecified atom stereocenters. The van der Waals surface area contributed by atoms with Crippen LogP contribution in [0.25, 0.3) is 0 Å². The first-order chi connectivity index (χ1) is 8.95. The van der Waals surface area contributed by atoms with Crippen molar-refractivity contribution in [2.75, 3.05) is 13.4 Å². The van der Waals surface area contributed by atoms with Gasteiger partial charge >= 0.3 is 17.9 Å². The first-order valence-electron chi connectivity index (χ1n) is 6.15. The molecule has 0 heterocycles. The SMILES string of the molecule is CCCCOC(=O)C[C@H](N)CC(=O)OCOC(C)=O. The van der Waals surface area contributed by atoms with Gasteiger partial charge in [-0.05, 0) is 6.42 Å². The number of esters is 3. The highest BCUT2D eigenvalue weighted by molar-refractivity contribution is 5.74. The number of carbonyl (C=O) groups excluding carboxylic acids is 3. The highest BCUT2D eigenvalue weighted by atomic mass is 16.7. The monoisotopic (exact) mass is 275 g/mol. The normalized spacial score (nSPS) is 11.5. The maximum Gasteiger partial charge on any atom is 0.310 e. The van der Waals surface area contributed by atoms with E-state index in [9.17, 15) is 14.4 Å². The average molecular weight is 275 g/mol. The number of ether oxygens (including phenoxy) is 3. The van der Waals surface area contributed by atoms with Gasteiger partial charge in [0.15, 0.2) is 0 Å². The van der Waals surface area contributed by atoms with E-state index in [1.165, 1.54) is 6.92 Å². The third-order valence-corrected chi connectivity index (χ3v) is 2.10. The molecule has 0 aliphatic carbocycles. The number of hydrogen-bond acceptors (Lipinski definition) is 7. The second-order valence-corrected chi connectivity index (χ2v) is 4.01. The van der Waals surface area contributed by atoms with Gasteiger partial charge in [-0.25, -0.2) is 0 Å². The molecule has 7 heteroatoms. The Kier molecular flexibility index (Phi) is 9.42. The van der Waals surface area contributed by atoms with Gasteiger partial charge < -0.3 is 19.9 Å². The lowest BCUT2D eigenvalue weighted by Crippen LogP contribution is -2.29. The van der Waals surface area contributed by atoms with Crippen LogP contribution in [0.15, 0.2) is 0 Å². The molecule has 0 radical (unpaired) electrons. The van der Waals surface area contributed by atoms with Crippen LogP contribution in [0.1, 0.15) is 39.5 Å². The van der Waals surface area contributed by atoms with Crippen molar-refractivity contribution < 1.29 is 28.6 Å². The summed E-state index contributed by atoms with van der Waals surface area (Å²) in [5.74, 6) is -1.61. The van der Waals surface area contributed by atoms with Crippen LogP contribution in [0.2, 0.25) is 0 Å². The summed E-state index contributed by atoms with van der Waals surface area (Å²) in [7, 11) is 0. The Morgan fingerprint density at radius 2 is 1.63 bits per heavy atom. The molecule has 2 N–H and O–H groups in total. The summed E-state index contributed by atoms with van der Waals surface area (Å²) in [5, 5.41) is 0. The minimum absolute atomic E-state index is 0.0492. The maximum absolute atomic E-state index is 11.3. The predicted octanol–water partition coefficient (Wildman–Crippen LogP) is 0.501. The molecule has 0 rings (SSSR count). The van der Waals surface area contributed by atoms with Crippen molar-refractivity contribution in [1.29, 1.82) is 0 Å². The number of unbranched alkanes of at least 4 members (excludes halogenated alkanes) is 1. The summed E-state index contributed by atoms with van der Waals surface area (Å²) in [6.07, 6.45) is 1.55. The lowest BCUT2D eigenvalue weighted by Gasteiger charge is -2.10. The molecule has 0 saturated heterocycles. The summed E-state index contributed by atoms with van der Waals surface area (Å²) >= 11 is 0. The number of hydrogen-bond donors (Lipinski definition) is 1. The van der Waals surface area contributed by atoms with Gasteiger partial charge in [0.2, 0.25) is 6.79 Å². The van der Waals surface area contributed by atoms with Crippen LogP contribution in [0.4, 0.5) is 0 Å². The van der Waals surface area contributed by atoms with E-state index >= 15 is 0 Å². The smallest absolute Gasteiger partial charge is 0.310 e. The fourth-order valence-electron chi connectivity index (χ4n) is 1.13. The topological polar surface area (TPSA) is 105 Å². The van der Waals surface area contributed by atoms with Gasteiger partial charge in [-0.1, -0.05) is 13.3 Å². The molecule has 0 fully saturated rings. The molecule has 0 bridgehead atoms. The van der Waals surface area contributed by atoms with E-state index in [-0.39, 0.29) is 12.8 Å². The van der Waals surface area contributed by atoms with Gasteiger partial charge in [0.25, 0.3) is 0 Å². The Morgan fingerprint density at radius 3 is 2.16 bits per heavy atom. The highest BCUT2D eigenvalue weighted by Gasteiger charge is 2.15. The van der Waals surface area contributed by atoms with Crippen LogP contribution in [-0.4, -0.2) is 37.3 Å². The van der Waals surface area contributed by atoms with E-state index in [4.69, 9.17) is 10.5 Å². The van der Waals surface area contributed by atoms with Gasteiger partial charge in [-0.3, -0.25) is 14.4 Å². The quantitative estimate of drug-likeness (QED) is 0.371. The Hall–Kier alpha value is -1.63. The van der Waals surface area contributed by atoms with Crippen LogP contribution in [0.3, 0.4) is 0 Å². The van der Waals surface area contributed by atoms with Gasteiger partial charge in [0.1, 0.15) is 0 Å². The molecule has 0 aromatic heterocycles. The summed E-state index contributed by atoms with van der Waals surface area (Å²) in [5.41, 5.74) is 5.60. The van der Waals surface area contributed by atoms with Crippen LogP contribution < -0.4 is 5.73 Å². The zero-order valence-electron chi connectivity index (χ0n) is 11.3. The van der Waals surface area contributed by atoms with E-state index in [1.807, 2.05) is 6.92 Å². The van der Waals surface area contributed by atoms with Crippen molar-refractivity contribution in [3.05, 3.63) is 0 Å². The minimum atomic E-state index is -0.668. The van der Waals surface area contributed by atoms with Crippen molar-refractivity contribution in [3.63, 3.8) is 0 Å². The third kappa shape index (κ3) is 11.2. The fourth-order valence-corrected chi connectivity index (χ4v) is 1.13. The predicted molar refractivity (Wildman–Crippen MR) is 65.8 cm³/mol. The molecule has 0 aliphatic heterocycles. The Bertz CT molecular complexity index is 305. The van der Waals surface area contributed by atoms with E-state index in [1.54, 1.807) is 0 Å². The Labute approximate surface area is 112 Å². The second-order valence-electron chi connectivity index (χ2n) is 4.01. The molecule has 0 spiro atoms. The lowest BCUT2D eigenvalue weighted by atomic mass is 10.1. The molecule has 110 valence electrons. The number of carbonyl (C=O) groups is 3. The van der Waals surface area contributed by atoms with E-state index < -0.39 is 30.7 Å². The summed E-state index contributed by atoms with van der Waals surface area (Å²) < 4.78 is 13.9. The standard InChI is InChI=1S/C12H21NO6/c1-3-4-5-17-11(15)6-10(13)7-12(16)19-8-18-9(2)14/h10H,3-8,13H2,1-2H3/t10-/m0/s1. The zero-order valence-corrected chi connectivity index (χ0v) is 11.3. The molecule has 19 heavy (non-hydrogen) atoms. The second kappa shape index (κ2) is 10.3. The van der Waals surface area contributed by atoms with Crippen LogP contribution in [0, 0.1) is 0 Å². The van der Waals surface area contributed by atoms with Crippen LogP contribution >= 0.6 is 0 Å². The average Bonchev–Trinajstić information content (AvgIpc) is 2.28. The van der Waals surface area contributed by atoms with Crippen LogP contribution in [-0.2, 0) is 28.6 Å². The Balaban J connectivity index is 3.71. The van der Waals surface area contributed by atoms with Crippen molar-refractivity contribution in [3.8, 4) is 0 Å². The minimum Gasteiger partial charge on any atom is -0.466 e. The molecule has 0 saturated carbocycles. The number of nitrogens with two attached hydrogens (primary N) is 1. The van der Waals surface area contributed by atoms with Crippen LogP contribution in [0.5, 0.6) is 0 Å². The molecular weight excluding hydrogens is 254 g/mol. The van der Waals surface area contributed by atoms with Crippen molar-refractivity contribution in [2.24, 2.45) is 5.73 Å². The molecule has 0 aromatic rings. The van der Waals surface area contributed by atoms with Crippen molar-refractivity contribution in [2.45, 2.75) is 45.6 Å².